The Bertz CT molecular complexity index is 513. The zero-order valence-electron chi connectivity index (χ0n) is 12.0. The number of aromatic nitrogens is 3. The van der Waals surface area contributed by atoms with E-state index in [0.717, 1.165) is 18.1 Å². The van der Waals surface area contributed by atoms with E-state index in [1.165, 1.54) is 5.56 Å². The number of nitrogens with one attached hydrogen (secondary N) is 1. The van der Waals surface area contributed by atoms with Gasteiger partial charge >= 0.3 is 0 Å². The van der Waals surface area contributed by atoms with Gasteiger partial charge in [-0.25, -0.2) is 4.98 Å². The van der Waals surface area contributed by atoms with Gasteiger partial charge in [0, 0.05) is 38.4 Å². The summed E-state index contributed by atoms with van der Waals surface area (Å²) in [6.45, 7) is 5.00. The molecule has 0 saturated carbocycles. The Hall–Kier alpha value is -2.04. The van der Waals surface area contributed by atoms with Crippen molar-refractivity contribution in [2.24, 2.45) is 0 Å². The molecular formula is C14H21N5. The molecule has 0 aliphatic heterocycles. The fraction of sp³-hybridized carbons (Fsp3) is 0.429. The molecule has 0 aromatic carbocycles. The van der Waals surface area contributed by atoms with Crippen molar-refractivity contribution in [3.8, 4) is 0 Å². The van der Waals surface area contributed by atoms with Gasteiger partial charge in [-0.3, -0.25) is 4.68 Å². The first-order valence-corrected chi connectivity index (χ1v) is 6.46. The second-order valence-electron chi connectivity index (χ2n) is 5.08. The minimum Gasteiger partial charge on any atom is -0.380 e. The molecule has 2 aromatic heterocycles. The first-order valence-electron chi connectivity index (χ1n) is 6.46. The summed E-state index contributed by atoms with van der Waals surface area (Å²) >= 11 is 0. The van der Waals surface area contributed by atoms with E-state index in [4.69, 9.17) is 0 Å². The minimum absolute atomic E-state index is 0.398. The summed E-state index contributed by atoms with van der Waals surface area (Å²) in [5, 5.41) is 7.66. The predicted molar refractivity (Wildman–Crippen MR) is 78.5 cm³/mol. The molecule has 0 radical (unpaired) electrons. The highest BCUT2D eigenvalue weighted by Crippen LogP contribution is 2.13. The first kappa shape index (κ1) is 13.4. The van der Waals surface area contributed by atoms with E-state index in [0.29, 0.717) is 6.04 Å². The van der Waals surface area contributed by atoms with Crippen molar-refractivity contribution in [2.45, 2.75) is 26.4 Å². The molecule has 0 spiro atoms. The molecule has 0 aliphatic carbocycles. The number of anilines is 2. The largest absolute Gasteiger partial charge is 0.380 e. The van der Waals surface area contributed by atoms with Crippen molar-refractivity contribution in [1.29, 1.82) is 0 Å². The SMILES string of the molecule is CC(C)n1cc(CNc2ccc(N(C)C)nc2)cn1. The molecule has 2 heterocycles. The molecule has 102 valence electrons. The van der Waals surface area contributed by atoms with Gasteiger partial charge in [-0.1, -0.05) is 0 Å². The summed E-state index contributed by atoms with van der Waals surface area (Å²) in [6, 6.07) is 4.43. The standard InChI is InChI=1S/C14H21N5/c1-11(2)19-10-12(8-17-19)7-15-13-5-6-14(16-9-13)18(3)4/h5-6,8-11,15H,7H2,1-4H3. The summed E-state index contributed by atoms with van der Waals surface area (Å²) in [6.07, 6.45) is 5.82. The van der Waals surface area contributed by atoms with Crippen LogP contribution in [0.4, 0.5) is 11.5 Å². The van der Waals surface area contributed by atoms with Gasteiger partial charge in [0.25, 0.3) is 0 Å². The van der Waals surface area contributed by atoms with E-state index in [9.17, 15) is 0 Å². The molecular weight excluding hydrogens is 238 g/mol. The van der Waals surface area contributed by atoms with Gasteiger partial charge in [-0.15, -0.1) is 0 Å². The highest BCUT2D eigenvalue weighted by atomic mass is 15.3. The molecule has 0 saturated heterocycles. The lowest BCUT2D eigenvalue weighted by Gasteiger charge is -2.11. The number of hydrogen-bond acceptors (Lipinski definition) is 4. The summed E-state index contributed by atoms with van der Waals surface area (Å²) in [7, 11) is 3.96. The fourth-order valence-corrected chi connectivity index (χ4v) is 1.71. The topological polar surface area (TPSA) is 46.0 Å². The second kappa shape index (κ2) is 5.73. The van der Waals surface area contributed by atoms with Gasteiger partial charge < -0.3 is 10.2 Å². The fourth-order valence-electron chi connectivity index (χ4n) is 1.71. The molecule has 0 aliphatic rings. The Morgan fingerprint density at radius 2 is 2.05 bits per heavy atom. The lowest BCUT2D eigenvalue weighted by Crippen LogP contribution is -2.10. The van der Waals surface area contributed by atoms with Gasteiger partial charge in [-0.2, -0.15) is 5.10 Å². The minimum atomic E-state index is 0.398. The number of rotatable bonds is 5. The van der Waals surface area contributed by atoms with Crippen LogP contribution in [0.1, 0.15) is 25.5 Å². The molecule has 0 unspecified atom stereocenters. The first-order chi connectivity index (χ1) is 9.06. The van der Waals surface area contributed by atoms with Crippen molar-refractivity contribution in [3.05, 3.63) is 36.3 Å². The van der Waals surface area contributed by atoms with E-state index in [2.05, 4.69) is 35.4 Å². The Balaban J connectivity index is 1.94. The Kier molecular flexibility index (Phi) is 4.04. The van der Waals surface area contributed by atoms with Gasteiger partial charge in [-0.05, 0) is 26.0 Å². The number of pyridine rings is 1. The van der Waals surface area contributed by atoms with Crippen LogP contribution in [0.2, 0.25) is 0 Å². The van der Waals surface area contributed by atoms with E-state index in [-0.39, 0.29) is 0 Å². The van der Waals surface area contributed by atoms with E-state index < -0.39 is 0 Å². The average molecular weight is 259 g/mol. The molecule has 2 aromatic rings. The Labute approximate surface area is 114 Å². The quantitative estimate of drug-likeness (QED) is 0.896. The zero-order chi connectivity index (χ0) is 13.8. The van der Waals surface area contributed by atoms with Crippen LogP contribution in [0.25, 0.3) is 0 Å². The smallest absolute Gasteiger partial charge is 0.128 e. The van der Waals surface area contributed by atoms with Crippen molar-refractivity contribution >= 4 is 11.5 Å². The third kappa shape index (κ3) is 3.47. The van der Waals surface area contributed by atoms with Crippen LogP contribution in [0.5, 0.6) is 0 Å². The van der Waals surface area contributed by atoms with Crippen molar-refractivity contribution < 1.29 is 0 Å². The van der Waals surface area contributed by atoms with Crippen LogP contribution >= 0.6 is 0 Å². The maximum Gasteiger partial charge on any atom is 0.128 e. The molecule has 0 fully saturated rings. The lowest BCUT2D eigenvalue weighted by atomic mass is 10.3. The van der Waals surface area contributed by atoms with Crippen LogP contribution in [-0.2, 0) is 6.54 Å². The summed E-state index contributed by atoms with van der Waals surface area (Å²) < 4.78 is 1.96. The summed E-state index contributed by atoms with van der Waals surface area (Å²) in [5.41, 5.74) is 2.19. The van der Waals surface area contributed by atoms with Gasteiger partial charge in [0.05, 0.1) is 18.1 Å². The van der Waals surface area contributed by atoms with Gasteiger partial charge in [0.2, 0.25) is 0 Å². The Morgan fingerprint density at radius 1 is 1.26 bits per heavy atom. The number of nitrogens with zero attached hydrogens (tertiary/aromatic N) is 4. The van der Waals surface area contributed by atoms with Gasteiger partial charge in [0.15, 0.2) is 0 Å². The van der Waals surface area contributed by atoms with Crippen molar-refractivity contribution in [1.82, 2.24) is 14.8 Å². The highest BCUT2D eigenvalue weighted by molar-refractivity contribution is 5.48. The number of hydrogen-bond donors (Lipinski definition) is 1. The Morgan fingerprint density at radius 3 is 2.58 bits per heavy atom. The van der Waals surface area contributed by atoms with Crippen LogP contribution in [0, 0.1) is 0 Å². The predicted octanol–water partition coefficient (Wildman–Crippen LogP) is 2.54. The second-order valence-corrected chi connectivity index (χ2v) is 5.08. The van der Waals surface area contributed by atoms with E-state index in [1.807, 2.05) is 48.2 Å². The van der Waals surface area contributed by atoms with E-state index >= 15 is 0 Å². The molecule has 0 atom stereocenters. The monoisotopic (exact) mass is 259 g/mol. The molecule has 1 N–H and O–H groups in total. The molecule has 19 heavy (non-hydrogen) atoms. The third-order valence-corrected chi connectivity index (χ3v) is 2.89. The summed E-state index contributed by atoms with van der Waals surface area (Å²) in [4.78, 5) is 6.35. The molecule has 0 amide bonds. The molecule has 2 rings (SSSR count). The third-order valence-electron chi connectivity index (χ3n) is 2.89. The van der Waals surface area contributed by atoms with Gasteiger partial charge in [0.1, 0.15) is 5.82 Å². The maximum atomic E-state index is 4.37. The van der Waals surface area contributed by atoms with Crippen molar-refractivity contribution in [3.63, 3.8) is 0 Å². The van der Waals surface area contributed by atoms with Crippen LogP contribution in [-0.4, -0.2) is 28.9 Å². The van der Waals surface area contributed by atoms with Crippen LogP contribution in [0.3, 0.4) is 0 Å². The van der Waals surface area contributed by atoms with Crippen molar-refractivity contribution in [2.75, 3.05) is 24.3 Å². The molecule has 5 heteroatoms. The lowest BCUT2D eigenvalue weighted by molar-refractivity contribution is 0.532. The maximum absolute atomic E-state index is 4.37. The van der Waals surface area contributed by atoms with Crippen LogP contribution < -0.4 is 10.2 Å². The highest BCUT2D eigenvalue weighted by Gasteiger charge is 2.02. The molecule has 0 bridgehead atoms. The van der Waals surface area contributed by atoms with Crippen LogP contribution in [0.15, 0.2) is 30.7 Å². The average Bonchev–Trinajstić information content (AvgIpc) is 2.86. The normalized spacial score (nSPS) is 10.8. The molecule has 5 nitrogen and oxygen atoms in total. The van der Waals surface area contributed by atoms with E-state index in [1.54, 1.807) is 0 Å². The summed E-state index contributed by atoms with van der Waals surface area (Å²) in [5.74, 6) is 0.957. The zero-order valence-corrected chi connectivity index (χ0v) is 12.0.